The first-order valence-electron chi connectivity index (χ1n) is 6.77. The first-order chi connectivity index (χ1) is 8.20. The van der Waals surface area contributed by atoms with Gasteiger partial charge in [0.25, 0.3) is 0 Å². The molecule has 1 atom stereocenters. The van der Waals surface area contributed by atoms with Gasteiger partial charge in [-0.2, -0.15) is 11.8 Å². The summed E-state index contributed by atoms with van der Waals surface area (Å²) in [7, 11) is 0. The molecule has 0 saturated carbocycles. The van der Waals surface area contributed by atoms with Crippen molar-refractivity contribution in [3.63, 3.8) is 0 Å². The fourth-order valence-corrected chi connectivity index (χ4v) is 2.42. The molecule has 1 amide bonds. The number of amides is 1. The van der Waals surface area contributed by atoms with Crippen molar-refractivity contribution in [2.75, 3.05) is 18.1 Å². The molecule has 0 aliphatic rings. The Hall–Kier alpha value is -0.220. The van der Waals surface area contributed by atoms with Gasteiger partial charge >= 0.3 is 0 Å². The van der Waals surface area contributed by atoms with Gasteiger partial charge in [-0.15, -0.1) is 0 Å². The Morgan fingerprint density at radius 1 is 1.29 bits per heavy atom. The number of carbonyl (C=O) groups excluding carboxylic acids is 1. The Balaban J connectivity index is 3.37. The summed E-state index contributed by atoms with van der Waals surface area (Å²) >= 11 is 1.93. The summed E-state index contributed by atoms with van der Waals surface area (Å²) < 4.78 is 0. The van der Waals surface area contributed by atoms with E-state index in [-0.39, 0.29) is 5.91 Å². The quantitative estimate of drug-likeness (QED) is 0.561. The summed E-state index contributed by atoms with van der Waals surface area (Å²) in [6, 6.07) is 0.311. The average Bonchev–Trinajstić information content (AvgIpc) is 2.29. The van der Waals surface area contributed by atoms with Crippen molar-refractivity contribution in [1.82, 2.24) is 5.32 Å². The molecule has 0 aromatic carbocycles. The van der Waals surface area contributed by atoms with Crippen molar-refractivity contribution < 1.29 is 4.79 Å². The maximum atomic E-state index is 11.6. The molecule has 0 spiro atoms. The maximum absolute atomic E-state index is 11.6. The van der Waals surface area contributed by atoms with E-state index < -0.39 is 0 Å². The van der Waals surface area contributed by atoms with Gasteiger partial charge in [-0.05, 0) is 44.2 Å². The SMILES string of the molecule is CCSCCC(C)NC(=O)CCCCCCN. The lowest BCUT2D eigenvalue weighted by molar-refractivity contribution is -0.121. The first-order valence-corrected chi connectivity index (χ1v) is 7.93. The molecule has 0 rings (SSSR count). The van der Waals surface area contributed by atoms with Crippen LogP contribution in [0.4, 0.5) is 0 Å². The minimum Gasteiger partial charge on any atom is -0.354 e. The van der Waals surface area contributed by atoms with Gasteiger partial charge in [-0.25, -0.2) is 0 Å². The van der Waals surface area contributed by atoms with Crippen LogP contribution < -0.4 is 11.1 Å². The van der Waals surface area contributed by atoms with Crippen molar-refractivity contribution in [3.8, 4) is 0 Å². The van der Waals surface area contributed by atoms with E-state index >= 15 is 0 Å². The van der Waals surface area contributed by atoms with Gasteiger partial charge in [0, 0.05) is 12.5 Å². The third-order valence-corrected chi connectivity index (χ3v) is 3.60. The molecule has 0 saturated heterocycles. The molecule has 0 heterocycles. The van der Waals surface area contributed by atoms with Crippen LogP contribution >= 0.6 is 11.8 Å². The lowest BCUT2D eigenvalue weighted by atomic mass is 10.1. The highest BCUT2D eigenvalue weighted by atomic mass is 32.2. The lowest BCUT2D eigenvalue weighted by Crippen LogP contribution is -2.32. The second-order valence-electron chi connectivity index (χ2n) is 4.41. The van der Waals surface area contributed by atoms with Gasteiger partial charge in [-0.1, -0.05) is 19.8 Å². The van der Waals surface area contributed by atoms with E-state index in [0.29, 0.717) is 12.5 Å². The molecule has 0 radical (unpaired) electrons. The van der Waals surface area contributed by atoms with Crippen molar-refractivity contribution in [1.29, 1.82) is 0 Å². The molecule has 3 N–H and O–H groups in total. The molecule has 0 aromatic heterocycles. The monoisotopic (exact) mass is 260 g/mol. The van der Waals surface area contributed by atoms with Crippen LogP contribution in [0.1, 0.15) is 52.4 Å². The number of rotatable bonds is 11. The van der Waals surface area contributed by atoms with Crippen LogP contribution in [0.25, 0.3) is 0 Å². The number of hydrogen-bond acceptors (Lipinski definition) is 3. The lowest BCUT2D eigenvalue weighted by Gasteiger charge is -2.13. The molecule has 17 heavy (non-hydrogen) atoms. The van der Waals surface area contributed by atoms with Crippen molar-refractivity contribution in [2.45, 2.75) is 58.4 Å². The van der Waals surface area contributed by atoms with E-state index in [9.17, 15) is 4.79 Å². The molecular weight excluding hydrogens is 232 g/mol. The Kier molecular flexibility index (Phi) is 12.1. The van der Waals surface area contributed by atoms with Crippen LogP contribution in [0.5, 0.6) is 0 Å². The zero-order valence-corrected chi connectivity index (χ0v) is 12.2. The number of hydrogen-bond donors (Lipinski definition) is 2. The second-order valence-corrected chi connectivity index (χ2v) is 5.80. The summed E-state index contributed by atoms with van der Waals surface area (Å²) in [6.07, 6.45) is 6.05. The van der Waals surface area contributed by atoms with Gasteiger partial charge in [-0.3, -0.25) is 4.79 Å². The minimum absolute atomic E-state index is 0.201. The largest absolute Gasteiger partial charge is 0.354 e. The van der Waals surface area contributed by atoms with E-state index in [1.165, 1.54) is 0 Å². The Morgan fingerprint density at radius 3 is 2.65 bits per heavy atom. The smallest absolute Gasteiger partial charge is 0.220 e. The van der Waals surface area contributed by atoms with Crippen LogP contribution in [-0.4, -0.2) is 30.0 Å². The second kappa shape index (κ2) is 12.2. The summed E-state index contributed by atoms with van der Waals surface area (Å²) in [5.74, 6) is 2.49. The van der Waals surface area contributed by atoms with Gasteiger partial charge in [0.2, 0.25) is 5.91 Å². The molecule has 0 fully saturated rings. The zero-order valence-electron chi connectivity index (χ0n) is 11.3. The highest BCUT2D eigenvalue weighted by Crippen LogP contribution is 2.05. The van der Waals surface area contributed by atoms with Gasteiger partial charge in [0.05, 0.1) is 0 Å². The molecule has 4 heteroatoms. The van der Waals surface area contributed by atoms with E-state index in [4.69, 9.17) is 5.73 Å². The van der Waals surface area contributed by atoms with E-state index in [1.54, 1.807) is 0 Å². The summed E-state index contributed by atoms with van der Waals surface area (Å²) in [5, 5.41) is 3.05. The standard InChI is InChI=1S/C13H28N2OS/c1-3-17-11-9-12(2)15-13(16)8-6-4-5-7-10-14/h12H,3-11,14H2,1-2H3,(H,15,16). The predicted molar refractivity (Wildman–Crippen MR) is 77.4 cm³/mol. The van der Waals surface area contributed by atoms with Crippen LogP contribution in [-0.2, 0) is 4.79 Å². The molecule has 0 aliphatic carbocycles. The van der Waals surface area contributed by atoms with Gasteiger partial charge in [0.1, 0.15) is 0 Å². The Bertz CT molecular complexity index is 188. The molecule has 3 nitrogen and oxygen atoms in total. The molecule has 0 aromatic rings. The van der Waals surface area contributed by atoms with Crippen LogP contribution in [0.2, 0.25) is 0 Å². The number of unbranched alkanes of at least 4 members (excludes halogenated alkanes) is 3. The van der Waals surface area contributed by atoms with E-state index in [0.717, 1.165) is 50.2 Å². The minimum atomic E-state index is 0.201. The molecule has 0 bridgehead atoms. The first kappa shape index (κ1) is 16.8. The fraction of sp³-hybridized carbons (Fsp3) is 0.923. The summed E-state index contributed by atoms with van der Waals surface area (Å²) in [4.78, 5) is 11.6. The summed E-state index contributed by atoms with van der Waals surface area (Å²) in [6.45, 7) is 5.01. The van der Waals surface area contributed by atoms with Gasteiger partial charge in [0.15, 0.2) is 0 Å². The predicted octanol–water partition coefficient (Wildman–Crippen LogP) is 2.54. The highest BCUT2D eigenvalue weighted by molar-refractivity contribution is 7.99. The molecule has 1 unspecified atom stereocenters. The van der Waals surface area contributed by atoms with Crippen LogP contribution in [0, 0.1) is 0 Å². The average molecular weight is 260 g/mol. The van der Waals surface area contributed by atoms with Gasteiger partial charge < -0.3 is 11.1 Å². The third-order valence-electron chi connectivity index (χ3n) is 2.66. The number of carbonyl (C=O) groups is 1. The number of thioether (sulfide) groups is 1. The van der Waals surface area contributed by atoms with Crippen LogP contribution in [0.15, 0.2) is 0 Å². The topological polar surface area (TPSA) is 55.1 Å². The summed E-state index contributed by atoms with van der Waals surface area (Å²) in [5.41, 5.74) is 5.41. The van der Waals surface area contributed by atoms with Crippen molar-refractivity contribution in [3.05, 3.63) is 0 Å². The van der Waals surface area contributed by atoms with Crippen LogP contribution in [0.3, 0.4) is 0 Å². The Labute approximate surface area is 110 Å². The number of nitrogens with one attached hydrogen (secondary N) is 1. The number of nitrogens with two attached hydrogens (primary N) is 1. The highest BCUT2D eigenvalue weighted by Gasteiger charge is 2.06. The molecule has 102 valence electrons. The van der Waals surface area contributed by atoms with E-state index in [2.05, 4.69) is 19.2 Å². The Morgan fingerprint density at radius 2 is 2.00 bits per heavy atom. The fourth-order valence-electron chi connectivity index (χ4n) is 1.61. The molecular formula is C13H28N2OS. The molecule has 0 aliphatic heterocycles. The van der Waals surface area contributed by atoms with Crippen molar-refractivity contribution in [2.24, 2.45) is 5.73 Å². The zero-order chi connectivity index (χ0) is 12.9. The third kappa shape index (κ3) is 12.0. The van der Waals surface area contributed by atoms with E-state index in [1.807, 2.05) is 11.8 Å². The maximum Gasteiger partial charge on any atom is 0.220 e. The normalized spacial score (nSPS) is 12.4. The van der Waals surface area contributed by atoms with Crippen molar-refractivity contribution >= 4 is 17.7 Å².